The maximum atomic E-state index is 13.0. The van der Waals surface area contributed by atoms with E-state index in [0.29, 0.717) is 19.3 Å². The van der Waals surface area contributed by atoms with Crippen LogP contribution in [0.4, 0.5) is 9.18 Å². The molecule has 4 rings (SSSR count). The lowest BCUT2D eigenvalue weighted by Gasteiger charge is -2.37. The minimum Gasteiger partial charge on any atom is -0.324 e. The number of rotatable bonds is 6. The van der Waals surface area contributed by atoms with Crippen molar-refractivity contribution in [2.75, 3.05) is 13.2 Å². The van der Waals surface area contributed by atoms with Gasteiger partial charge in [0.2, 0.25) is 16.4 Å². The van der Waals surface area contributed by atoms with Crippen LogP contribution in [0.25, 0.3) is 0 Å². The Kier molecular flexibility index (Phi) is 4.86. The molecule has 0 radical (unpaired) electrons. The van der Waals surface area contributed by atoms with E-state index in [1.165, 1.54) is 9.80 Å². The molecule has 2 heterocycles. The number of ether oxygens (including phenoxy) is 1. The molecule has 2 saturated heterocycles. The average molecular weight is 405 g/mol. The van der Waals surface area contributed by atoms with Gasteiger partial charge in [0.1, 0.15) is 12.9 Å². The fourth-order valence-corrected chi connectivity index (χ4v) is 6.35. The molecule has 0 aromatic carbocycles. The van der Waals surface area contributed by atoms with Gasteiger partial charge < -0.3 is 9.64 Å². The molecule has 0 spiro atoms. The molecule has 9 nitrogen and oxygen atoms in total. The molecule has 2 aliphatic carbocycles. The molecule has 154 valence electrons. The molecule has 0 aromatic heterocycles. The third kappa shape index (κ3) is 3.55. The van der Waals surface area contributed by atoms with Gasteiger partial charge in [-0.25, -0.2) is 33.2 Å². The summed E-state index contributed by atoms with van der Waals surface area (Å²) in [7, 11) is -3.48. The number of urea groups is 1. The van der Waals surface area contributed by atoms with E-state index in [1.807, 2.05) is 6.92 Å². The van der Waals surface area contributed by atoms with E-state index in [2.05, 4.69) is 15.6 Å². The van der Waals surface area contributed by atoms with Crippen molar-refractivity contribution in [2.24, 2.45) is 0 Å². The first-order valence-corrected chi connectivity index (χ1v) is 11.1. The van der Waals surface area contributed by atoms with Crippen LogP contribution in [-0.4, -0.2) is 72.9 Å². The minimum atomic E-state index is -3.48. The third-order valence-corrected chi connectivity index (χ3v) is 8.19. The van der Waals surface area contributed by atoms with Gasteiger partial charge in [-0.3, -0.25) is 4.90 Å². The van der Waals surface area contributed by atoms with Gasteiger partial charge in [0.25, 0.3) is 0 Å². The molecule has 5 atom stereocenters. The number of hydrogen-bond donors (Lipinski definition) is 3. The molecule has 5 unspecified atom stereocenters. The Morgan fingerprint density at radius 2 is 2.04 bits per heavy atom. The lowest BCUT2D eigenvalue weighted by atomic mass is 9.90. The van der Waals surface area contributed by atoms with Crippen molar-refractivity contribution in [2.45, 2.75) is 81.4 Å². The fourth-order valence-electron chi connectivity index (χ4n) is 4.40. The second kappa shape index (κ2) is 6.80. The van der Waals surface area contributed by atoms with Crippen molar-refractivity contribution in [1.82, 2.24) is 25.4 Å². The second-order valence-corrected chi connectivity index (χ2v) is 10.2. The monoisotopic (exact) mass is 405 g/mol. The van der Waals surface area contributed by atoms with Gasteiger partial charge in [-0.15, -0.1) is 0 Å². The van der Waals surface area contributed by atoms with Crippen LogP contribution < -0.4 is 15.6 Å². The first kappa shape index (κ1) is 19.3. The SMILES string of the molecule is CC1NNC(N2C(=O)N(CCF)C3CCC(S(=O)(=O)NC4(C)CC4)CC32)O1. The molecule has 3 N–H and O–H groups in total. The lowest BCUT2D eigenvalue weighted by molar-refractivity contribution is -0.0488. The topological polar surface area (TPSA) is 103 Å². The fraction of sp³-hybridized carbons (Fsp3) is 0.938. The van der Waals surface area contributed by atoms with Crippen LogP contribution in [0, 0.1) is 0 Å². The van der Waals surface area contributed by atoms with E-state index in [4.69, 9.17) is 4.74 Å². The predicted octanol–water partition coefficient (Wildman–Crippen LogP) is 0.209. The molecule has 4 fully saturated rings. The summed E-state index contributed by atoms with van der Waals surface area (Å²) < 4.78 is 47.3. The van der Waals surface area contributed by atoms with E-state index in [-0.39, 0.29) is 36.4 Å². The van der Waals surface area contributed by atoms with Gasteiger partial charge in [0.15, 0.2) is 0 Å². The highest BCUT2D eigenvalue weighted by molar-refractivity contribution is 7.90. The van der Waals surface area contributed by atoms with Crippen molar-refractivity contribution < 1.29 is 22.3 Å². The van der Waals surface area contributed by atoms with Gasteiger partial charge in [0, 0.05) is 5.54 Å². The van der Waals surface area contributed by atoms with E-state index >= 15 is 0 Å². The highest BCUT2D eigenvalue weighted by Crippen LogP contribution is 2.40. The summed E-state index contributed by atoms with van der Waals surface area (Å²) in [5, 5.41) is -0.566. The summed E-state index contributed by atoms with van der Waals surface area (Å²) in [6, 6.07) is -0.843. The number of halogens is 1. The number of sulfonamides is 1. The summed E-state index contributed by atoms with van der Waals surface area (Å²) in [5.74, 6) is 0. The summed E-state index contributed by atoms with van der Waals surface area (Å²) in [6.07, 6.45) is 2.04. The first-order chi connectivity index (χ1) is 12.7. The lowest BCUT2D eigenvalue weighted by Crippen LogP contribution is -2.54. The number of nitrogens with one attached hydrogen (secondary N) is 3. The molecule has 2 amide bonds. The number of hydrazine groups is 1. The van der Waals surface area contributed by atoms with Crippen LogP contribution >= 0.6 is 0 Å². The van der Waals surface area contributed by atoms with Crippen LogP contribution in [-0.2, 0) is 14.8 Å². The van der Waals surface area contributed by atoms with E-state index in [9.17, 15) is 17.6 Å². The third-order valence-electron chi connectivity index (χ3n) is 6.11. The highest BCUT2D eigenvalue weighted by atomic mass is 32.2. The molecular weight excluding hydrogens is 377 g/mol. The summed E-state index contributed by atoms with van der Waals surface area (Å²) >= 11 is 0. The van der Waals surface area contributed by atoms with Crippen molar-refractivity contribution in [3.63, 3.8) is 0 Å². The van der Waals surface area contributed by atoms with Crippen molar-refractivity contribution in [1.29, 1.82) is 0 Å². The quantitative estimate of drug-likeness (QED) is 0.584. The molecule has 4 aliphatic rings. The van der Waals surface area contributed by atoms with Gasteiger partial charge in [0.05, 0.1) is 23.9 Å². The Labute approximate surface area is 159 Å². The van der Waals surface area contributed by atoms with Gasteiger partial charge >= 0.3 is 6.03 Å². The number of carbonyl (C=O) groups excluding carboxylic acids is 1. The van der Waals surface area contributed by atoms with Crippen LogP contribution in [0.3, 0.4) is 0 Å². The Balaban J connectivity index is 1.55. The molecule has 2 aliphatic heterocycles. The average Bonchev–Trinajstić information content (AvgIpc) is 3.05. The standard InChI is InChI=1S/C16H28FN5O4S/c1-10-18-19-14(26-10)22-13-9-11(27(24,25)20-16(2)5-6-16)3-4-12(13)21(8-7-17)15(22)23/h10-14,18-20H,3-9H2,1-2H3. The largest absolute Gasteiger partial charge is 0.324 e. The molecule has 27 heavy (non-hydrogen) atoms. The van der Waals surface area contributed by atoms with Gasteiger partial charge in [-0.1, -0.05) is 0 Å². The zero-order valence-electron chi connectivity index (χ0n) is 15.7. The maximum absolute atomic E-state index is 13.0. The molecule has 2 saturated carbocycles. The maximum Gasteiger partial charge on any atom is 0.323 e. The zero-order chi connectivity index (χ0) is 19.4. The van der Waals surface area contributed by atoms with Crippen molar-refractivity contribution in [3.8, 4) is 0 Å². The number of fused-ring (bicyclic) bond motifs is 1. The van der Waals surface area contributed by atoms with Gasteiger partial charge in [-0.2, -0.15) is 0 Å². The van der Waals surface area contributed by atoms with Crippen LogP contribution in [0.15, 0.2) is 0 Å². The first-order valence-electron chi connectivity index (χ1n) is 9.58. The number of hydrogen-bond acceptors (Lipinski definition) is 6. The second-order valence-electron chi connectivity index (χ2n) is 8.27. The number of alkyl halides is 1. The highest BCUT2D eigenvalue weighted by Gasteiger charge is 2.54. The van der Waals surface area contributed by atoms with E-state index in [0.717, 1.165) is 12.8 Å². The van der Waals surface area contributed by atoms with E-state index in [1.54, 1.807) is 6.92 Å². The van der Waals surface area contributed by atoms with Crippen LogP contribution in [0.5, 0.6) is 0 Å². The predicted molar refractivity (Wildman–Crippen MR) is 95.4 cm³/mol. The zero-order valence-corrected chi connectivity index (χ0v) is 16.5. The Morgan fingerprint density at radius 3 is 2.63 bits per heavy atom. The van der Waals surface area contributed by atoms with Crippen LogP contribution in [0.2, 0.25) is 0 Å². The van der Waals surface area contributed by atoms with Gasteiger partial charge in [-0.05, 0) is 46.0 Å². The van der Waals surface area contributed by atoms with E-state index < -0.39 is 28.3 Å². The molecular formula is C16H28FN5O4S. The van der Waals surface area contributed by atoms with Crippen molar-refractivity contribution >= 4 is 16.1 Å². The minimum absolute atomic E-state index is 0.0138. The summed E-state index contributed by atoms with van der Waals surface area (Å²) in [6.45, 7) is 3.10. The van der Waals surface area contributed by atoms with Crippen LogP contribution in [0.1, 0.15) is 46.0 Å². The Morgan fingerprint density at radius 1 is 1.30 bits per heavy atom. The smallest absolute Gasteiger partial charge is 0.323 e. The Hall–Kier alpha value is -1.01. The molecule has 0 bridgehead atoms. The summed E-state index contributed by atoms with van der Waals surface area (Å²) in [4.78, 5) is 16.0. The Bertz CT molecular complexity index is 703. The molecule has 0 aromatic rings. The van der Waals surface area contributed by atoms with Crippen molar-refractivity contribution in [3.05, 3.63) is 0 Å². The molecule has 11 heteroatoms. The summed E-state index contributed by atoms with van der Waals surface area (Å²) in [5.41, 5.74) is 5.50. The number of nitrogens with zero attached hydrogens (tertiary/aromatic N) is 2. The number of amides is 2. The normalized spacial score (nSPS) is 38.3. The number of carbonyl (C=O) groups is 1.